The molecule has 0 aromatic carbocycles. The average molecular weight is 260 g/mol. The van der Waals surface area contributed by atoms with E-state index in [9.17, 15) is 9.59 Å². The number of hydrogen-bond donors (Lipinski definition) is 2. The summed E-state index contributed by atoms with van der Waals surface area (Å²) in [6.45, 7) is 3.53. The first-order valence-corrected chi connectivity index (χ1v) is 5.96. The Balaban J connectivity index is 2.44. The van der Waals surface area contributed by atoms with Crippen molar-refractivity contribution in [2.45, 2.75) is 20.4 Å². The lowest BCUT2D eigenvalue weighted by molar-refractivity contribution is 0.609. The van der Waals surface area contributed by atoms with Crippen molar-refractivity contribution in [2.24, 2.45) is 0 Å². The molecule has 2 rings (SSSR count). The van der Waals surface area contributed by atoms with Gasteiger partial charge in [-0.05, 0) is 26.0 Å². The van der Waals surface area contributed by atoms with Gasteiger partial charge in [-0.2, -0.15) is 0 Å². The molecule has 0 saturated carbocycles. The van der Waals surface area contributed by atoms with Crippen LogP contribution in [0.15, 0.2) is 27.9 Å². The van der Waals surface area contributed by atoms with E-state index in [0.717, 1.165) is 5.69 Å². The summed E-state index contributed by atoms with van der Waals surface area (Å²) in [5, 5.41) is 5.56. The van der Waals surface area contributed by atoms with Gasteiger partial charge in [-0.3, -0.25) is 19.7 Å². The normalized spacial score (nSPS) is 10.5. The molecule has 0 aliphatic heterocycles. The zero-order valence-electron chi connectivity index (χ0n) is 11.2. The highest BCUT2D eigenvalue weighted by molar-refractivity contribution is 5.42. The van der Waals surface area contributed by atoms with Gasteiger partial charge in [-0.15, -0.1) is 0 Å². The van der Waals surface area contributed by atoms with E-state index in [2.05, 4.69) is 15.4 Å². The van der Waals surface area contributed by atoms with Gasteiger partial charge in [-0.1, -0.05) is 0 Å². The largest absolute Gasteiger partial charge is 0.388 e. The van der Waals surface area contributed by atoms with Crippen LogP contribution in [0.1, 0.15) is 16.8 Å². The van der Waals surface area contributed by atoms with E-state index in [1.807, 2.05) is 19.2 Å². The number of aromatic nitrogens is 3. The quantitative estimate of drug-likeness (QED) is 0.848. The van der Waals surface area contributed by atoms with E-state index >= 15 is 0 Å². The Kier molecular flexibility index (Phi) is 3.50. The summed E-state index contributed by atoms with van der Waals surface area (Å²) in [6, 6.07) is 3.66. The molecule has 0 radical (unpaired) electrons. The fourth-order valence-electron chi connectivity index (χ4n) is 1.78. The van der Waals surface area contributed by atoms with Crippen LogP contribution in [0.3, 0.4) is 0 Å². The predicted molar refractivity (Wildman–Crippen MR) is 73.7 cm³/mol. The second-order valence-corrected chi connectivity index (χ2v) is 4.37. The van der Waals surface area contributed by atoms with Crippen molar-refractivity contribution in [1.29, 1.82) is 0 Å². The molecule has 2 N–H and O–H groups in total. The summed E-state index contributed by atoms with van der Waals surface area (Å²) in [7, 11) is 1.81. The molecule has 0 bridgehead atoms. The standard InChI is InChI=1S/C13H16N4O2/c1-8-9(2)13(19)17(16-12(8)18)7-11-6-10(14-3)4-5-15-11/h4-6H,7H2,1-3H3,(H,14,15)(H,16,18). The minimum atomic E-state index is -0.248. The van der Waals surface area contributed by atoms with Gasteiger partial charge in [0.25, 0.3) is 11.1 Å². The third kappa shape index (κ3) is 2.57. The summed E-state index contributed by atoms with van der Waals surface area (Å²) in [5.74, 6) is 0. The molecule has 0 atom stereocenters. The fraction of sp³-hybridized carbons (Fsp3) is 0.308. The summed E-state index contributed by atoms with van der Waals surface area (Å²) in [5.41, 5.74) is 2.08. The first-order valence-electron chi connectivity index (χ1n) is 5.96. The lowest BCUT2D eigenvalue weighted by Gasteiger charge is -2.08. The minimum absolute atomic E-state index is 0.200. The molecule has 0 spiro atoms. The van der Waals surface area contributed by atoms with Gasteiger partial charge in [-0.25, -0.2) is 4.68 Å². The first-order chi connectivity index (χ1) is 9.02. The Morgan fingerprint density at radius 3 is 2.74 bits per heavy atom. The average Bonchev–Trinajstić information content (AvgIpc) is 2.42. The number of pyridine rings is 1. The van der Waals surface area contributed by atoms with E-state index in [1.54, 1.807) is 20.0 Å². The molecular formula is C13H16N4O2. The molecule has 19 heavy (non-hydrogen) atoms. The molecule has 0 amide bonds. The fourth-order valence-corrected chi connectivity index (χ4v) is 1.78. The second kappa shape index (κ2) is 5.09. The van der Waals surface area contributed by atoms with Gasteiger partial charge < -0.3 is 5.32 Å². The molecule has 0 aliphatic rings. The highest BCUT2D eigenvalue weighted by Crippen LogP contribution is 2.07. The number of aromatic amines is 1. The van der Waals surface area contributed by atoms with Crippen LogP contribution in [-0.2, 0) is 6.54 Å². The maximum Gasteiger partial charge on any atom is 0.268 e. The molecule has 0 aliphatic carbocycles. The predicted octanol–water partition coefficient (Wildman–Crippen LogP) is 0.638. The molecule has 6 nitrogen and oxygen atoms in total. The Labute approximate surface area is 110 Å². The van der Waals surface area contributed by atoms with Crippen LogP contribution < -0.4 is 16.4 Å². The topological polar surface area (TPSA) is 79.8 Å². The number of hydrogen-bond acceptors (Lipinski definition) is 4. The van der Waals surface area contributed by atoms with Gasteiger partial charge in [0, 0.05) is 30.1 Å². The molecule has 2 heterocycles. The van der Waals surface area contributed by atoms with Crippen molar-refractivity contribution in [1.82, 2.24) is 14.8 Å². The van der Waals surface area contributed by atoms with Crippen molar-refractivity contribution < 1.29 is 0 Å². The molecule has 0 unspecified atom stereocenters. The molecule has 0 fully saturated rings. The van der Waals surface area contributed by atoms with E-state index in [0.29, 0.717) is 16.8 Å². The van der Waals surface area contributed by atoms with Gasteiger partial charge in [0.2, 0.25) is 0 Å². The summed E-state index contributed by atoms with van der Waals surface area (Å²) >= 11 is 0. The minimum Gasteiger partial charge on any atom is -0.388 e. The zero-order chi connectivity index (χ0) is 14.0. The lowest BCUT2D eigenvalue weighted by atomic mass is 10.2. The van der Waals surface area contributed by atoms with Gasteiger partial charge in [0.05, 0.1) is 12.2 Å². The van der Waals surface area contributed by atoms with Crippen LogP contribution in [-0.4, -0.2) is 21.8 Å². The second-order valence-electron chi connectivity index (χ2n) is 4.37. The number of nitrogens with one attached hydrogen (secondary N) is 2. The maximum absolute atomic E-state index is 12.1. The summed E-state index contributed by atoms with van der Waals surface area (Å²) in [4.78, 5) is 27.9. The van der Waals surface area contributed by atoms with Crippen molar-refractivity contribution >= 4 is 5.69 Å². The maximum atomic E-state index is 12.1. The van der Waals surface area contributed by atoms with Crippen molar-refractivity contribution in [3.05, 3.63) is 55.9 Å². The van der Waals surface area contributed by atoms with Crippen LogP contribution in [0.25, 0.3) is 0 Å². The monoisotopic (exact) mass is 260 g/mol. The summed E-state index contributed by atoms with van der Waals surface area (Å²) < 4.78 is 1.28. The third-order valence-corrected chi connectivity index (χ3v) is 3.13. The Morgan fingerprint density at radius 1 is 1.32 bits per heavy atom. The van der Waals surface area contributed by atoms with E-state index in [-0.39, 0.29) is 17.7 Å². The number of nitrogens with zero attached hydrogens (tertiary/aromatic N) is 2. The number of rotatable bonds is 3. The van der Waals surface area contributed by atoms with Gasteiger partial charge >= 0.3 is 0 Å². The van der Waals surface area contributed by atoms with E-state index in [1.165, 1.54) is 4.68 Å². The van der Waals surface area contributed by atoms with Crippen LogP contribution >= 0.6 is 0 Å². The van der Waals surface area contributed by atoms with E-state index in [4.69, 9.17) is 0 Å². The highest BCUT2D eigenvalue weighted by Gasteiger charge is 2.08. The van der Waals surface area contributed by atoms with E-state index < -0.39 is 0 Å². The van der Waals surface area contributed by atoms with Crippen molar-refractivity contribution in [3.8, 4) is 0 Å². The van der Waals surface area contributed by atoms with Crippen molar-refractivity contribution in [2.75, 3.05) is 12.4 Å². The Morgan fingerprint density at radius 2 is 2.05 bits per heavy atom. The lowest BCUT2D eigenvalue weighted by Crippen LogP contribution is -2.33. The smallest absolute Gasteiger partial charge is 0.268 e. The molecule has 2 aromatic rings. The van der Waals surface area contributed by atoms with Crippen LogP contribution in [0.5, 0.6) is 0 Å². The van der Waals surface area contributed by atoms with Crippen LogP contribution in [0, 0.1) is 13.8 Å². The van der Waals surface area contributed by atoms with Gasteiger partial charge in [0.15, 0.2) is 0 Å². The van der Waals surface area contributed by atoms with Gasteiger partial charge in [0.1, 0.15) is 0 Å². The molecule has 6 heteroatoms. The first kappa shape index (κ1) is 13.1. The zero-order valence-corrected chi connectivity index (χ0v) is 11.2. The molecule has 0 saturated heterocycles. The SMILES string of the molecule is CNc1ccnc(Cn2[nH]c(=O)c(C)c(C)c2=O)c1. The Bertz CT molecular complexity index is 715. The molecule has 2 aromatic heterocycles. The highest BCUT2D eigenvalue weighted by atomic mass is 16.2. The third-order valence-electron chi connectivity index (χ3n) is 3.13. The van der Waals surface area contributed by atoms with Crippen molar-refractivity contribution in [3.63, 3.8) is 0 Å². The Hall–Kier alpha value is -2.37. The van der Waals surface area contributed by atoms with Crippen LogP contribution in [0.2, 0.25) is 0 Å². The number of H-pyrrole nitrogens is 1. The number of anilines is 1. The summed E-state index contributed by atoms with van der Waals surface area (Å²) in [6.07, 6.45) is 1.66. The van der Waals surface area contributed by atoms with Crippen LogP contribution in [0.4, 0.5) is 5.69 Å². The molecule has 100 valence electrons. The molecular weight excluding hydrogens is 244 g/mol.